The maximum atomic E-state index is 12.9. The molecule has 0 aliphatic carbocycles. The van der Waals surface area contributed by atoms with Crippen molar-refractivity contribution in [3.05, 3.63) is 54.4 Å². The molecule has 0 atom stereocenters. The molecule has 1 aliphatic heterocycles. The van der Waals surface area contributed by atoms with Gasteiger partial charge in [0.05, 0.1) is 29.7 Å². The molecular formula is C21H15F8N3O3. The number of nitrogens with zero attached hydrogens (tertiary/aromatic N) is 3. The number of carbonyl (C=O) groups excluding carboxylic acids is 1. The van der Waals surface area contributed by atoms with Gasteiger partial charge in [0.15, 0.2) is 0 Å². The molecule has 2 aromatic heterocycles. The number of carboxylic acids is 1. The third-order valence-corrected chi connectivity index (χ3v) is 4.89. The van der Waals surface area contributed by atoms with E-state index in [1.165, 1.54) is 12.3 Å². The minimum absolute atomic E-state index is 0.146. The average molecular weight is 509 g/mol. The molecule has 0 saturated carbocycles. The fourth-order valence-corrected chi connectivity index (χ4v) is 3.17. The molecule has 3 heterocycles. The second-order valence-corrected chi connectivity index (χ2v) is 7.56. The van der Waals surface area contributed by atoms with Crippen molar-refractivity contribution < 1.29 is 49.8 Å². The molecule has 1 aromatic carbocycles. The molecular weight excluding hydrogens is 494 g/mol. The second kappa shape index (κ2) is 9.15. The summed E-state index contributed by atoms with van der Waals surface area (Å²) in [5.41, 5.74) is 1.12. The normalized spacial score (nSPS) is 15.3. The third kappa shape index (κ3) is 6.25. The van der Waals surface area contributed by atoms with Gasteiger partial charge < -0.3 is 14.6 Å². The van der Waals surface area contributed by atoms with Crippen LogP contribution in [0.2, 0.25) is 0 Å². The number of carbonyl (C=O) groups is 2. The molecule has 1 saturated heterocycles. The first-order valence-electron chi connectivity index (χ1n) is 9.65. The van der Waals surface area contributed by atoms with Crippen LogP contribution < -0.4 is 0 Å². The molecule has 0 spiro atoms. The fraction of sp³-hybridized carbons (Fsp3) is 0.286. The van der Waals surface area contributed by atoms with Gasteiger partial charge in [0.25, 0.3) is 5.92 Å². The summed E-state index contributed by atoms with van der Waals surface area (Å²) < 4.78 is 98.0. The molecule has 35 heavy (non-hydrogen) atoms. The van der Waals surface area contributed by atoms with Crippen LogP contribution >= 0.6 is 0 Å². The first kappa shape index (κ1) is 25.9. The van der Waals surface area contributed by atoms with Crippen LogP contribution in [0.3, 0.4) is 0 Å². The van der Waals surface area contributed by atoms with E-state index in [0.29, 0.717) is 22.2 Å². The lowest BCUT2D eigenvalue weighted by atomic mass is 10.0. The number of hydrogen-bond donors (Lipinski definition) is 1. The first-order chi connectivity index (χ1) is 16.1. The molecule has 14 heteroatoms. The van der Waals surface area contributed by atoms with Gasteiger partial charge in [-0.15, -0.1) is 0 Å². The number of aromatic nitrogens is 2. The van der Waals surface area contributed by atoms with Gasteiger partial charge in [-0.3, -0.25) is 9.78 Å². The van der Waals surface area contributed by atoms with Crippen LogP contribution in [-0.2, 0) is 22.3 Å². The van der Waals surface area contributed by atoms with Gasteiger partial charge in [0.1, 0.15) is 6.54 Å². The Kier molecular flexibility index (Phi) is 6.77. The summed E-state index contributed by atoms with van der Waals surface area (Å²) in [7, 11) is 0. The topological polar surface area (TPSA) is 75.4 Å². The number of carboxylic acid groups (broad SMARTS) is 1. The van der Waals surface area contributed by atoms with Crippen molar-refractivity contribution in [2.45, 2.75) is 24.8 Å². The van der Waals surface area contributed by atoms with E-state index < -0.39 is 48.8 Å². The van der Waals surface area contributed by atoms with E-state index in [-0.39, 0.29) is 6.54 Å². The van der Waals surface area contributed by atoms with Crippen LogP contribution in [0.4, 0.5) is 35.1 Å². The third-order valence-electron chi connectivity index (χ3n) is 4.89. The Labute approximate surface area is 191 Å². The Morgan fingerprint density at radius 2 is 1.63 bits per heavy atom. The number of fused-ring (bicyclic) bond motifs is 1. The molecule has 188 valence electrons. The largest absolute Gasteiger partial charge is 0.490 e. The van der Waals surface area contributed by atoms with Gasteiger partial charge in [-0.25, -0.2) is 13.6 Å². The fourth-order valence-electron chi connectivity index (χ4n) is 3.17. The number of benzene rings is 1. The highest BCUT2D eigenvalue weighted by Crippen LogP contribution is 2.33. The van der Waals surface area contributed by atoms with Crippen LogP contribution in [0.1, 0.15) is 5.56 Å². The van der Waals surface area contributed by atoms with Crippen LogP contribution in [0.5, 0.6) is 0 Å². The Balaban J connectivity index is 0.000000429. The van der Waals surface area contributed by atoms with Crippen LogP contribution in [0, 0.1) is 0 Å². The molecule has 0 unspecified atom stereocenters. The van der Waals surface area contributed by atoms with Crippen LogP contribution in [0.25, 0.3) is 22.2 Å². The zero-order valence-electron chi connectivity index (χ0n) is 17.4. The summed E-state index contributed by atoms with van der Waals surface area (Å²) in [4.78, 5) is 26.4. The van der Waals surface area contributed by atoms with Gasteiger partial charge in [0.2, 0.25) is 5.91 Å². The monoisotopic (exact) mass is 509 g/mol. The number of likely N-dealkylation sites (tertiary alicyclic amines) is 1. The number of rotatable bonds is 3. The smallest absolute Gasteiger partial charge is 0.475 e. The molecule has 0 bridgehead atoms. The van der Waals surface area contributed by atoms with Crippen molar-refractivity contribution in [1.29, 1.82) is 0 Å². The van der Waals surface area contributed by atoms with Gasteiger partial charge >= 0.3 is 18.3 Å². The number of amides is 1. The maximum absolute atomic E-state index is 12.9. The van der Waals surface area contributed by atoms with Crippen LogP contribution in [0.15, 0.2) is 48.8 Å². The van der Waals surface area contributed by atoms with E-state index in [9.17, 15) is 39.9 Å². The zero-order chi connectivity index (χ0) is 26.2. The highest BCUT2D eigenvalue weighted by Gasteiger charge is 2.46. The molecule has 0 radical (unpaired) electrons. The molecule has 1 N–H and O–H groups in total. The summed E-state index contributed by atoms with van der Waals surface area (Å²) >= 11 is 0. The van der Waals surface area contributed by atoms with Gasteiger partial charge in [-0.05, 0) is 29.8 Å². The van der Waals surface area contributed by atoms with Crippen molar-refractivity contribution in [3.63, 3.8) is 0 Å². The minimum atomic E-state index is -5.08. The van der Waals surface area contributed by atoms with Crippen molar-refractivity contribution >= 4 is 22.9 Å². The van der Waals surface area contributed by atoms with E-state index in [1.807, 2.05) is 0 Å². The summed E-state index contributed by atoms with van der Waals surface area (Å²) in [6.45, 7) is -1.34. The van der Waals surface area contributed by atoms with Gasteiger partial charge in [-0.1, -0.05) is 12.1 Å². The van der Waals surface area contributed by atoms with Gasteiger partial charge in [-0.2, -0.15) is 26.3 Å². The Morgan fingerprint density at radius 3 is 2.17 bits per heavy atom. The summed E-state index contributed by atoms with van der Waals surface area (Å²) in [5, 5.41) is 7.12. The van der Waals surface area contributed by atoms with E-state index >= 15 is 0 Å². The lowest BCUT2D eigenvalue weighted by Gasteiger charge is -2.38. The lowest BCUT2D eigenvalue weighted by Crippen LogP contribution is -2.59. The Hall–Kier alpha value is -3.71. The molecule has 1 aliphatic rings. The first-order valence-corrected chi connectivity index (χ1v) is 9.65. The average Bonchev–Trinajstić information content (AvgIpc) is 3.13. The number of alkyl halides is 8. The Morgan fingerprint density at radius 1 is 1.00 bits per heavy atom. The molecule has 3 aromatic rings. The van der Waals surface area contributed by atoms with E-state index in [4.69, 9.17) is 9.90 Å². The number of hydrogen-bond acceptors (Lipinski definition) is 3. The highest BCUT2D eigenvalue weighted by atomic mass is 19.4. The maximum Gasteiger partial charge on any atom is 0.490 e. The molecule has 6 nitrogen and oxygen atoms in total. The Bertz CT molecular complexity index is 1240. The van der Waals surface area contributed by atoms with Gasteiger partial charge in [0, 0.05) is 18.0 Å². The SMILES string of the molecule is O=C(Cn1ccc2ncc(-c3cccc(C(F)(F)F)c3)cc21)N1CC(F)(F)C1.O=C(O)C(F)(F)F. The quantitative estimate of drug-likeness (QED) is 0.514. The van der Waals surface area contributed by atoms with E-state index in [2.05, 4.69) is 4.98 Å². The summed E-state index contributed by atoms with van der Waals surface area (Å²) in [6.07, 6.45) is -6.48. The molecule has 1 amide bonds. The lowest BCUT2D eigenvalue weighted by molar-refractivity contribution is -0.192. The van der Waals surface area contributed by atoms with Crippen LogP contribution in [-0.4, -0.2) is 56.6 Å². The second-order valence-electron chi connectivity index (χ2n) is 7.56. The molecule has 1 fully saturated rings. The predicted molar refractivity (Wildman–Crippen MR) is 105 cm³/mol. The number of pyridine rings is 1. The van der Waals surface area contributed by atoms with E-state index in [0.717, 1.165) is 17.0 Å². The minimum Gasteiger partial charge on any atom is -0.475 e. The number of halogens is 8. The van der Waals surface area contributed by atoms with Crippen molar-refractivity contribution in [3.8, 4) is 11.1 Å². The van der Waals surface area contributed by atoms with Crippen molar-refractivity contribution in [2.75, 3.05) is 13.1 Å². The van der Waals surface area contributed by atoms with E-state index in [1.54, 1.807) is 29.0 Å². The van der Waals surface area contributed by atoms with Crippen molar-refractivity contribution in [2.24, 2.45) is 0 Å². The van der Waals surface area contributed by atoms with Crippen molar-refractivity contribution in [1.82, 2.24) is 14.5 Å². The highest BCUT2D eigenvalue weighted by molar-refractivity contribution is 5.84. The summed E-state index contributed by atoms with van der Waals surface area (Å²) in [6, 6.07) is 8.16. The molecule has 4 rings (SSSR count). The number of aliphatic carboxylic acids is 1. The predicted octanol–water partition coefficient (Wildman–Crippen LogP) is 4.83. The summed E-state index contributed by atoms with van der Waals surface area (Å²) in [5.74, 6) is -6.05. The standard InChI is InChI=1S/C19H14F5N3O.C2HF3O2/c20-18(21)10-27(11-18)17(28)9-26-5-4-15-16(26)7-13(8-25-15)12-2-1-3-14(6-12)19(22,23)24;3-2(4,5)1(6)7/h1-8H,9-11H2;(H,6,7). The zero-order valence-corrected chi connectivity index (χ0v) is 17.4.